The van der Waals surface area contributed by atoms with Crippen molar-refractivity contribution < 1.29 is 16.8 Å². The molecular formula is C9H12ClN3O4S2. The molecule has 1 aliphatic rings. The fourth-order valence-electron chi connectivity index (χ4n) is 1.74. The zero-order chi connectivity index (χ0) is 14.4. The second-order valence-electron chi connectivity index (χ2n) is 4.05. The third-order valence-corrected chi connectivity index (χ3v) is 5.55. The molecule has 1 atom stereocenters. The average Bonchev–Trinajstić information content (AvgIpc) is 2.25. The summed E-state index contributed by atoms with van der Waals surface area (Å²) in [5.41, 5.74) is 0.253. The summed E-state index contributed by atoms with van der Waals surface area (Å²) in [6.07, 6.45) is 0.0571. The van der Waals surface area contributed by atoms with Gasteiger partial charge in [-0.15, -0.1) is 0 Å². The SMILES string of the molecule is CC[C@H]1Nc2cc(Cl)c(S(N)(=O)=O)cc2S(=O)(=O)N1. The number of sulfonamides is 2. The molecule has 4 N–H and O–H groups in total. The van der Waals surface area contributed by atoms with E-state index in [9.17, 15) is 16.8 Å². The number of primary sulfonamides is 1. The number of anilines is 1. The number of halogens is 1. The summed E-state index contributed by atoms with van der Waals surface area (Å²) in [5.74, 6) is 0. The van der Waals surface area contributed by atoms with Gasteiger partial charge in [0.15, 0.2) is 0 Å². The van der Waals surface area contributed by atoms with Crippen molar-refractivity contribution in [2.24, 2.45) is 5.14 Å². The Hall–Kier alpha value is -0.870. The lowest BCUT2D eigenvalue weighted by Crippen LogP contribution is -2.44. The van der Waals surface area contributed by atoms with Gasteiger partial charge in [0.2, 0.25) is 20.0 Å². The average molecular weight is 326 g/mol. The highest BCUT2D eigenvalue weighted by Crippen LogP contribution is 2.33. The highest BCUT2D eigenvalue weighted by atomic mass is 35.5. The molecule has 0 amide bonds. The number of nitrogens with one attached hydrogen (secondary N) is 2. The predicted molar refractivity (Wildman–Crippen MR) is 70.8 cm³/mol. The quantitative estimate of drug-likeness (QED) is 0.728. The van der Waals surface area contributed by atoms with Gasteiger partial charge in [-0.2, -0.15) is 4.72 Å². The smallest absolute Gasteiger partial charge is 0.244 e. The first-order chi connectivity index (χ1) is 8.65. The van der Waals surface area contributed by atoms with Crippen LogP contribution in [0.25, 0.3) is 0 Å². The molecule has 106 valence electrons. The van der Waals surface area contributed by atoms with E-state index in [1.165, 1.54) is 6.07 Å². The number of fused-ring (bicyclic) bond motifs is 1. The van der Waals surface area contributed by atoms with E-state index < -0.39 is 31.1 Å². The lowest BCUT2D eigenvalue weighted by molar-refractivity contribution is 0.551. The van der Waals surface area contributed by atoms with Gasteiger partial charge in [0.1, 0.15) is 9.79 Å². The standard InChI is InChI=1S/C9H12ClN3O4S2/c1-2-9-12-6-3-5(10)7(18(11,14)15)4-8(6)19(16,17)13-9/h3-4,9,12-13H,2H2,1H3,(H2,11,14,15)/t9-/m0/s1. The lowest BCUT2D eigenvalue weighted by atomic mass is 10.3. The van der Waals surface area contributed by atoms with Crippen molar-refractivity contribution >= 4 is 37.3 Å². The van der Waals surface area contributed by atoms with E-state index in [0.29, 0.717) is 6.42 Å². The van der Waals surface area contributed by atoms with Crippen LogP contribution in [0.1, 0.15) is 13.3 Å². The van der Waals surface area contributed by atoms with Gasteiger partial charge in [-0.25, -0.2) is 22.0 Å². The van der Waals surface area contributed by atoms with E-state index in [1.807, 2.05) is 0 Å². The maximum Gasteiger partial charge on any atom is 0.244 e. The Kier molecular flexibility index (Phi) is 3.52. The van der Waals surface area contributed by atoms with Crippen molar-refractivity contribution in [1.82, 2.24) is 4.72 Å². The highest BCUT2D eigenvalue weighted by molar-refractivity contribution is 7.90. The third-order valence-electron chi connectivity index (χ3n) is 2.67. The molecule has 0 aliphatic carbocycles. The molecule has 0 aromatic heterocycles. The molecule has 0 bridgehead atoms. The fraction of sp³-hybridized carbons (Fsp3) is 0.333. The Labute approximate surface area is 116 Å². The topological polar surface area (TPSA) is 118 Å². The van der Waals surface area contributed by atoms with Crippen molar-refractivity contribution in [1.29, 1.82) is 0 Å². The Balaban J connectivity index is 2.70. The minimum atomic E-state index is -4.09. The highest BCUT2D eigenvalue weighted by Gasteiger charge is 2.30. The number of rotatable bonds is 2. The molecule has 10 heteroatoms. The van der Waals surface area contributed by atoms with Gasteiger partial charge >= 0.3 is 0 Å². The van der Waals surface area contributed by atoms with Crippen molar-refractivity contribution in [2.75, 3.05) is 5.32 Å². The first-order valence-corrected chi connectivity index (χ1v) is 8.71. The molecule has 7 nitrogen and oxygen atoms in total. The largest absolute Gasteiger partial charge is 0.368 e. The van der Waals surface area contributed by atoms with Crippen LogP contribution in [0.4, 0.5) is 5.69 Å². The van der Waals surface area contributed by atoms with Crippen LogP contribution in [0, 0.1) is 0 Å². The van der Waals surface area contributed by atoms with Crippen LogP contribution < -0.4 is 15.2 Å². The third kappa shape index (κ3) is 2.70. The molecular weight excluding hydrogens is 314 g/mol. The molecule has 19 heavy (non-hydrogen) atoms. The number of benzene rings is 1. The van der Waals surface area contributed by atoms with E-state index in [1.54, 1.807) is 6.92 Å². The molecule has 0 spiro atoms. The Morgan fingerprint density at radius 1 is 1.42 bits per heavy atom. The summed E-state index contributed by atoms with van der Waals surface area (Å²) in [6, 6.07) is 2.20. The Morgan fingerprint density at radius 3 is 2.58 bits per heavy atom. The van der Waals surface area contributed by atoms with Gasteiger partial charge in [-0.05, 0) is 18.6 Å². The molecule has 2 rings (SSSR count). The van der Waals surface area contributed by atoms with E-state index >= 15 is 0 Å². The fourth-order valence-corrected chi connectivity index (χ4v) is 4.32. The summed E-state index contributed by atoms with van der Waals surface area (Å²) in [7, 11) is -7.88. The number of hydrogen-bond acceptors (Lipinski definition) is 5. The number of nitrogens with two attached hydrogens (primary N) is 1. The molecule has 0 radical (unpaired) electrons. The predicted octanol–water partition coefficient (Wildman–Crippen LogP) is 0.427. The summed E-state index contributed by atoms with van der Waals surface area (Å²) in [5, 5.41) is 7.77. The minimum absolute atomic E-state index is 0.124. The first kappa shape index (κ1) is 14.5. The summed E-state index contributed by atoms with van der Waals surface area (Å²) in [6.45, 7) is 1.80. The van der Waals surface area contributed by atoms with Crippen LogP contribution >= 0.6 is 11.6 Å². The van der Waals surface area contributed by atoms with Crippen LogP contribution in [0.3, 0.4) is 0 Å². The van der Waals surface area contributed by atoms with Crippen LogP contribution in [0.15, 0.2) is 21.9 Å². The van der Waals surface area contributed by atoms with Crippen molar-refractivity contribution in [3.63, 3.8) is 0 Å². The zero-order valence-electron chi connectivity index (χ0n) is 9.84. The van der Waals surface area contributed by atoms with Crippen LogP contribution in [-0.4, -0.2) is 23.0 Å². The van der Waals surface area contributed by atoms with Crippen LogP contribution in [-0.2, 0) is 20.0 Å². The van der Waals surface area contributed by atoms with Gasteiger partial charge in [0.25, 0.3) is 0 Å². The lowest BCUT2D eigenvalue weighted by Gasteiger charge is -2.27. The van der Waals surface area contributed by atoms with E-state index in [-0.39, 0.29) is 15.6 Å². The van der Waals surface area contributed by atoms with Crippen molar-refractivity contribution in [2.45, 2.75) is 29.3 Å². The van der Waals surface area contributed by atoms with E-state index in [2.05, 4.69) is 10.0 Å². The van der Waals surface area contributed by atoms with Gasteiger partial charge in [0, 0.05) is 0 Å². The maximum atomic E-state index is 12.0. The molecule has 1 aliphatic heterocycles. The number of hydrogen-bond donors (Lipinski definition) is 3. The molecule has 1 aromatic rings. The monoisotopic (exact) mass is 325 g/mol. The Morgan fingerprint density at radius 2 is 2.05 bits per heavy atom. The van der Waals surface area contributed by atoms with Crippen molar-refractivity contribution in [3.8, 4) is 0 Å². The Bertz CT molecular complexity index is 730. The molecule has 1 heterocycles. The molecule has 0 saturated carbocycles. The van der Waals surface area contributed by atoms with E-state index in [0.717, 1.165) is 6.07 Å². The van der Waals surface area contributed by atoms with Crippen LogP contribution in [0.2, 0.25) is 5.02 Å². The van der Waals surface area contributed by atoms with Gasteiger partial charge in [-0.3, -0.25) is 0 Å². The van der Waals surface area contributed by atoms with Crippen LogP contribution in [0.5, 0.6) is 0 Å². The molecule has 0 saturated heterocycles. The second-order valence-corrected chi connectivity index (χ2v) is 7.67. The second kappa shape index (κ2) is 4.60. The van der Waals surface area contributed by atoms with Gasteiger partial charge < -0.3 is 5.32 Å². The summed E-state index contributed by atoms with van der Waals surface area (Å²) in [4.78, 5) is -0.610. The maximum absolute atomic E-state index is 12.0. The molecule has 0 unspecified atom stereocenters. The van der Waals surface area contributed by atoms with Gasteiger partial charge in [0.05, 0.1) is 16.9 Å². The zero-order valence-corrected chi connectivity index (χ0v) is 12.2. The normalized spacial score (nSPS) is 21.5. The van der Waals surface area contributed by atoms with Crippen molar-refractivity contribution in [3.05, 3.63) is 17.2 Å². The summed E-state index contributed by atoms with van der Waals surface area (Å²) >= 11 is 5.82. The summed E-state index contributed by atoms with van der Waals surface area (Å²) < 4.78 is 49.0. The molecule has 0 fully saturated rings. The first-order valence-electron chi connectivity index (χ1n) is 5.30. The molecule has 1 aromatic carbocycles. The van der Waals surface area contributed by atoms with E-state index in [4.69, 9.17) is 16.7 Å². The minimum Gasteiger partial charge on any atom is -0.368 e. The van der Waals surface area contributed by atoms with Gasteiger partial charge in [-0.1, -0.05) is 18.5 Å².